The first kappa shape index (κ1) is 11.9. The highest BCUT2D eigenvalue weighted by Gasteiger charge is 2.33. The first-order chi connectivity index (χ1) is 6.49. The number of likely N-dealkylation sites (tertiary alicyclic amines) is 1. The Balaban J connectivity index is 2.10. The number of halogens is 2. The summed E-state index contributed by atoms with van der Waals surface area (Å²) in [6.07, 6.45) is 1.14. The molecule has 0 aliphatic carbocycles. The summed E-state index contributed by atoms with van der Waals surface area (Å²) in [7, 11) is 4.06. The van der Waals surface area contributed by atoms with Crippen LogP contribution in [0.2, 0.25) is 0 Å². The van der Waals surface area contributed by atoms with Crippen molar-refractivity contribution in [2.75, 3.05) is 40.3 Å². The average molecular weight is 206 g/mol. The van der Waals surface area contributed by atoms with Gasteiger partial charge in [-0.05, 0) is 33.6 Å². The van der Waals surface area contributed by atoms with Gasteiger partial charge in [0.05, 0.1) is 0 Å². The molecule has 84 valence electrons. The Morgan fingerprint density at radius 2 is 1.79 bits per heavy atom. The molecule has 1 saturated heterocycles. The highest BCUT2D eigenvalue weighted by atomic mass is 19.3. The standard InChI is InChI=1S/C10H20F2N2/c1-13(2)6-3-7-14-8-4-10(11,12)5-9-14/h3-9H2,1-2H3. The molecule has 4 heteroatoms. The summed E-state index contributed by atoms with van der Waals surface area (Å²) in [5.41, 5.74) is 0. The van der Waals surface area contributed by atoms with Crippen LogP contribution in [0.15, 0.2) is 0 Å². The van der Waals surface area contributed by atoms with Gasteiger partial charge in [0.25, 0.3) is 5.92 Å². The first-order valence-corrected chi connectivity index (χ1v) is 5.24. The lowest BCUT2D eigenvalue weighted by Crippen LogP contribution is -2.40. The molecular weight excluding hydrogens is 186 g/mol. The lowest BCUT2D eigenvalue weighted by molar-refractivity contribution is -0.0553. The molecule has 0 aromatic rings. The van der Waals surface area contributed by atoms with E-state index in [4.69, 9.17) is 0 Å². The van der Waals surface area contributed by atoms with Crippen molar-refractivity contribution in [1.82, 2.24) is 9.80 Å². The molecule has 0 saturated carbocycles. The van der Waals surface area contributed by atoms with E-state index < -0.39 is 5.92 Å². The van der Waals surface area contributed by atoms with Crippen molar-refractivity contribution in [3.63, 3.8) is 0 Å². The third-order valence-corrected chi connectivity index (χ3v) is 2.67. The van der Waals surface area contributed by atoms with Crippen LogP contribution in [0.25, 0.3) is 0 Å². The van der Waals surface area contributed by atoms with Gasteiger partial charge in [0.1, 0.15) is 0 Å². The average Bonchev–Trinajstić information content (AvgIpc) is 2.07. The quantitative estimate of drug-likeness (QED) is 0.690. The minimum absolute atomic E-state index is 0.0367. The van der Waals surface area contributed by atoms with Crippen LogP contribution < -0.4 is 0 Å². The van der Waals surface area contributed by atoms with E-state index in [1.807, 2.05) is 14.1 Å². The molecule has 1 aliphatic rings. The predicted octanol–water partition coefficient (Wildman–Crippen LogP) is 1.67. The van der Waals surface area contributed by atoms with Gasteiger partial charge >= 0.3 is 0 Å². The van der Waals surface area contributed by atoms with Crippen LogP contribution in [0.5, 0.6) is 0 Å². The Morgan fingerprint density at radius 1 is 1.21 bits per heavy atom. The topological polar surface area (TPSA) is 6.48 Å². The second-order valence-electron chi connectivity index (χ2n) is 4.35. The summed E-state index contributed by atoms with van der Waals surface area (Å²) in [4.78, 5) is 4.26. The van der Waals surface area contributed by atoms with Gasteiger partial charge in [0, 0.05) is 25.9 Å². The minimum Gasteiger partial charge on any atom is -0.309 e. The highest BCUT2D eigenvalue weighted by molar-refractivity contribution is 4.77. The van der Waals surface area contributed by atoms with Crippen LogP contribution in [-0.4, -0.2) is 56.0 Å². The van der Waals surface area contributed by atoms with Gasteiger partial charge in [-0.3, -0.25) is 0 Å². The van der Waals surface area contributed by atoms with Crippen molar-refractivity contribution in [2.45, 2.75) is 25.2 Å². The molecule has 0 atom stereocenters. The number of hydrogen-bond donors (Lipinski definition) is 0. The van der Waals surface area contributed by atoms with Gasteiger partial charge < -0.3 is 9.80 Å². The van der Waals surface area contributed by atoms with E-state index in [9.17, 15) is 8.78 Å². The highest BCUT2D eigenvalue weighted by Crippen LogP contribution is 2.27. The molecule has 1 aliphatic heterocycles. The maximum absolute atomic E-state index is 12.8. The van der Waals surface area contributed by atoms with E-state index in [0.717, 1.165) is 19.5 Å². The molecule has 2 nitrogen and oxygen atoms in total. The molecule has 1 rings (SSSR count). The minimum atomic E-state index is -2.40. The van der Waals surface area contributed by atoms with Gasteiger partial charge in [-0.1, -0.05) is 0 Å². The fourth-order valence-electron chi connectivity index (χ4n) is 1.71. The summed E-state index contributed by atoms with van der Waals surface area (Å²) in [6.45, 7) is 3.10. The largest absolute Gasteiger partial charge is 0.309 e. The molecule has 0 radical (unpaired) electrons. The molecule has 0 amide bonds. The van der Waals surface area contributed by atoms with Crippen LogP contribution in [0.3, 0.4) is 0 Å². The van der Waals surface area contributed by atoms with Crippen molar-refractivity contribution in [3.8, 4) is 0 Å². The lowest BCUT2D eigenvalue weighted by atomic mass is 10.1. The predicted molar refractivity (Wildman–Crippen MR) is 53.8 cm³/mol. The molecule has 1 fully saturated rings. The summed E-state index contributed by atoms with van der Waals surface area (Å²) >= 11 is 0. The van der Waals surface area contributed by atoms with Gasteiger partial charge in [0.15, 0.2) is 0 Å². The third kappa shape index (κ3) is 4.33. The molecule has 0 N–H and O–H groups in total. The lowest BCUT2D eigenvalue weighted by Gasteiger charge is -2.31. The summed E-state index contributed by atoms with van der Waals surface area (Å²) in [5, 5.41) is 0. The van der Waals surface area contributed by atoms with Crippen molar-refractivity contribution in [1.29, 1.82) is 0 Å². The maximum Gasteiger partial charge on any atom is 0.250 e. The van der Waals surface area contributed by atoms with E-state index in [0.29, 0.717) is 13.1 Å². The summed E-state index contributed by atoms with van der Waals surface area (Å²) < 4.78 is 25.6. The van der Waals surface area contributed by atoms with E-state index in [-0.39, 0.29) is 12.8 Å². The molecule has 1 heterocycles. The van der Waals surface area contributed by atoms with Crippen LogP contribution in [0, 0.1) is 0 Å². The van der Waals surface area contributed by atoms with Gasteiger partial charge in [0.2, 0.25) is 0 Å². The molecule has 0 aromatic heterocycles. The van der Waals surface area contributed by atoms with Gasteiger partial charge in [-0.2, -0.15) is 0 Å². The Hall–Kier alpha value is -0.220. The fraction of sp³-hybridized carbons (Fsp3) is 1.00. The second kappa shape index (κ2) is 5.03. The van der Waals surface area contributed by atoms with Crippen LogP contribution in [0.1, 0.15) is 19.3 Å². The number of alkyl halides is 2. The second-order valence-corrected chi connectivity index (χ2v) is 4.35. The SMILES string of the molecule is CN(C)CCCN1CCC(F)(F)CC1. The third-order valence-electron chi connectivity index (χ3n) is 2.67. The van der Waals surface area contributed by atoms with E-state index in [2.05, 4.69) is 9.80 Å². The molecule has 0 aromatic carbocycles. The van der Waals surface area contributed by atoms with Gasteiger partial charge in [-0.15, -0.1) is 0 Å². The Kier molecular flexibility index (Phi) is 4.26. The summed E-state index contributed by atoms with van der Waals surface area (Å²) in [5.74, 6) is -2.40. The van der Waals surface area contributed by atoms with E-state index >= 15 is 0 Å². The number of hydrogen-bond acceptors (Lipinski definition) is 2. The van der Waals surface area contributed by atoms with Crippen LogP contribution in [-0.2, 0) is 0 Å². The zero-order valence-electron chi connectivity index (χ0n) is 9.10. The van der Waals surface area contributed by atoms with E-state index in [1.165, 1.54) is 0 Å². The fourth-order valence-corrected chi connectivity index (χ4v) is 1.71. The Labute approximate surface area is 84.9 Å². The molecular formula is C10H20F2N2. The molecule has 14 heavy (non-hydrogen) atoms. The number of piperidine rings is 1. The normalized spacial score (nSPS) is 22.9. The van der Waals surface area contributed by atoms with Crippen molar-refractivity contribution < 1.29 is 8.78 Å². The van der Waals surface area contributed by atoms with E-state index in [1.54, 1.807) is 0 Å². The zero-order chi connectivity index (χ0) is 10.6. The first-order valence-electron chi connectivity index (χ1n) is 5.24. The summed E-state index contributed by atoms with van der Waals surface area (Å²) in [6, 6.07) is 0. The van der Waals surface area contributed by atoms with Gasteiger partial charge in [-0.25, -0.2) is 8.78 Å². The number of rotatable bonds is 4. The smallest absolute Gasteiger partial charge is 0.250 e. The Bertz CT molecular complexity index is 162. The monoisotopic (exact) mass is 206 g/mol. The molecule has 0 bridgehead atoms. The number of nitrogens with zero attached hydrogens (tertiary/aromatic N) is 2. The van der Waals surface area contributed by atoms with Crippen LogP contribution in [0.4, 0.5) is 8.78 Å². The molecule has 0 spiro atoms. The zero-order valence-corrected chi connectivity index (χ0v) is 9.10. The van der Waals surface area contributed by atoms with Crippen molar-refractivity contribution in [3.05, 3.63) is 0 Å². The Morgan fingerprint density at radius 3 is 2.29 bits per heavy atom. The van der Waals surface area contributed by atoms with Crippen LogP contribution >= 0.6 is 0 Å². The van der Waals surface area contributed by atoms with Crippen molar-refractivity contribution in [2.24, 2.45) is 0 Å². The molecule has 0 unspecified atom stereocenters. The maximum atomic E-state index is 12.8. The van der Waals surface area contributed by atoms with Crippen molar-refractivity contribution >= 4 is 0 Å².